The number of ether oxygens (including phenoxy) is 1. The SMILES string of the molecule is O=S(=O)(NCCC1CCCOC1)N1CCCCCC1. The first-order valence-electron chi connectivity index (χ1n) is 7.51. The standard InChI is InChI=1S/C13H26N2O3S/c16-19(17,15-9-3-1-2-4-10-15)14-8-7-13-6-5-11-18-12-13/h13-14H,1-12H2. The molecule has 1 N–H and O–H groups in total. The Kier molecular flexibility index (Phi) is 6.06. The van der Waals surface area contributed by atoms with E-state index in [-0.39, 0.29) is 0 Å². The lowest BCUT2D eigenvalue weighted by atomic mass is 9.99. The number of nitrogens with zero attached hydrogens (tertiary/aromatic N) is 1. The van der Waals surface area contributed by atoms with E-state index in [9.17, 15) is 8.42 Å². The van der Waals surface area contributed by atoms with Gasteiger partial charge in [0.1, 0.15) is 0 Å². The minimum absolute atomic E-state index is 0.514. The zero-order valence-corrected chi connectivity index (χ0v) is 12.5. The van der Waals surface area contributed by atoms with E-state index in [1.165, 1.54) is 0 Å². The van der Waals surface area contributed by atoms with Crippen LogP contribution in [0.4, 0.5) is 0 Å². The molecule has 1 unspecified atom stereocenters. The summed E-state index contributed by atoms with van der Waals surface area (Å²) in [6.45, 7) is 3.51. The second-order valence-corrected chi connectivity index (χ2v) is 7.34. The van der Waals surface area contributed by atoms with Gasteiger partial charge in [0.25, 0.3) is 10.2 Å². The third-order valence-corrected chi connectivity index (χ3v) is 5.61. The van der Waals surface area contributed by atoms with Crippen LogP contribution in [-0.2, 0) is 14.9 Å². The van der Waals surface area contributed by atoms with Crippen molar-refractivity contribution in [2.24, 2.45) is 5.92 Å². The molecule has 0 radical (unpaired) electrons. The Morgan fingerprint density at radius 2 is 1.84 bits per heavy atom. The summed E-state index contributed by atoms with van der Waals surface area (Å²) in [4.78, 5) is 0. The molecule has 0 bridgehead atoms. The van der Waals surface area contributed by atoms with Crippen LogP contribution in [-0.4, -0.2) is 45.6 Å². The molecular formula is C13H26N2O3S. The predicted octanol–water partition coefficient (Wildman–Crippen LogP) is 1.51. The molecule has 2 rings (SSSR count). The fourth-order valence-electron chi connectivity index (χ4n) is 2.80. The molecule has 2 heterocycles. The highest BCUT2D eigenvalue weighted by atomic mass is 32.2. The molecule has 0 aromatic carbocycles. The molecule has 0 saturated carbocycles. The van der Waals surface area contributed by atoms with Crippen molar-refractivity contribution in [1.82, 2.24) is 9.03 Å². The minimum atomic E-state index is -3.26. The van der Waals surface area contributed by atoms with Crippen molar-refractivity contribution in [3.05, 3.63) is 0 Å². The van der Waals surface area contributed by atoms with E-state index in [0.717, 1.165) is 58.2 Å². The maximum absolute atomic E-state index is 12.2. The Morgan fingerprint density at radius 3 is 2.47 bits per heavy atom. The smallest absolute Gasteiger partial charge is 0.279 e. The van der Waals surface area contributed by atoms with E-state index in [1.54, 1.807) is 4.31 Å². The van der Waals surface area contributed by atoms with E-state index in [4.69, 9.17) is 4.74 Å². The van der Waals surface area contributed by atoms with Gasteiger partial charge in [-0.15, -0.1) is 0 Å². The van der Waals surface area contributed by atoms with Crippen molar-refractivity contribution in [2.45, 2.75) is 44.9 Å². The predicted molar refractivity (Wildman–Crippen MR) is 75.1 cm³/mol. The van der Waals surface area contributed by atoms with E-state index in [1.807, 2.05) is 0 Å². The lowest BCUT2D eigenvalue weighted by Gasteiger charge is -2.23. The molecule has 0 spiro atoms. The van der Waals surface area contributed by atoms with Gasteiger partial charge in [-0.3, -0.25) is 0 Å². The Morgan fingerprint density at radius 1 is 1.11 bits per heavy atom. The normalized spacial score (nSPS) is 27.1. The highest BCUT2D eigenvalue weighted by molar-refractivity contribution is 7.87. The second kappa shape index (κ2) is 7.57. The number of hydrogen-bond acceptors (Lipinski definition) is 3. The Labute approximate surface area is 116 Å². The van der Waals surface area contributed by atoms with Crippen LogP contribution in [0.15, 0.2) is 0 Å². The number of rotatable bonds is 5. The van der Waals surface area contributed by atoms with Crippen molar-refractivity contribution in [3.8, 4) is 0 Å². The number of nitrogens with one attached hydrogen (secondary N) is 1. The maximum atomic E-state index is 12.2. The molecule has 112 valence electrons. The Bertz CT molecular complexity index is 345. The van der Waals surface area contributed by atoms with Crippen molar-refractivity contribution in [3.63, 3.8) is 0 Å². The summed E-state index contributed by atoms with van der Waals surface area (Å²) < 4.78 is 34.1. The van der Waals surface area contributed by atoms with Gasteiger partial charge < -0.3 is 4.74 Å². The van der Waals surface area contributed by atoms with Crippen molar-refractivity contribution in [1.29, 1.82) is 0 Å². The fourth-order valence-corrected chi connectivity index (χ4v) is 4.10. The van der Waals surface area contributed by atoms with Gasteiger partial charge in [-0.05, 0) is 38.0 Å². The van der Waals surface area contributed by atoms with Gasteiger partial charge in [0.2, 0.25) is 0 Å². The monoisotopic (exact) mass is 290 g/mol. The lowest BCUT2D eigenvalue weighted by molar-refractivity contribution is 0.0522. The molecular weight excluding hydrogens is 264 g/mol. The van der Waals surface area contributed by atoms with E-state index >= 15 is 0 Å². The van der Waals surface area contributed by atoms with E-state index < -0.39 is 10.2 Å². The minimum Gasteiger partial charge on any atom is -0.381 e. The van der Waals surface area contributed by atoms with Crippen LogP contribution in [0.2, 0.25) is 0 Å². The average molecular weight is 290 g/mol. The van der Waals surface area contributed by atoms with Crippen LogP contribution in [0.1, 0.15) is 44.9 Å². The van der Waals surface area contributed by atoms with Crippen LogP contribution in [0.3, 0.4) is 0 Å². The average Bonchev–Trinajstić information content (AvgIpc) is 2.69. The molecule has 2 aliphatic heterocycles. The summed E-state index contributed by atoms with van der Waals surface area (Å²) in [5.74, 6) is 0.514. The molecule has 2 fully saturated rings. The highest BCUT2D eigenvalue weighted by Gasteiger charge is 2.23. The third-order valence-electron chi connectivity index (χ3n) is 4.00. The topological polar surface area (TPSA) is 58.6 Å². The van der Waals surface area contributed by atoms with Gasteiger partial charge in [0.15, 0.2) is 0 Å². The van der Waals surface area contributed by atoms with Crippen molar-refractivity contribution >= 4 is 10.2 Å². The van der Waals surface area contributed by atoms with Gasteiger partial charge in [-0.25, -0.2) is 4.72 Å². The van der Waals surface area contributed by atoms with Crippen LogP contribution < -0.4 is 4.72 Å². The van der Waals surface area contributed by atoms with Crippen LogP contribution in [0, 0.1) is 5.92 Å². The fraction of sp³-hybridized carbons (Fsp3) is 1.00. The zero-order valence-electron chi connectivity index (χ0n) is 11.6. The Balaban J connectivity index is 1.73. The quantitative estimate of drug-likeness (QED) is 0.835. The Hall–Kier alpha value is -0.170. The molecule has 1 atom stereocenters. The summed E-state index contributed by atoms with van der Waals surface area (Å²) in [5.41, 5.74) is 0. The van der Waals surface area contributed by atoms with Gasteiger partial charge >= 0.3 is 0 Å². The van der Waals surface area contributed by atoms with Crippen LogP contribution in [0.25, 0.3) is 0 Å². The van der Waals surface area contributed by atoms with Crippen LogP contribution in [0.5, 0.6) is 0 Å². The summed E-state index contributed by atoms with van der Waals surface area (Å²) in [6.07, 6.45) is 7.40. The summed E-state index contributed by atoms with van der Waals surface area (Å²) in [6, 6.07) is 0. The molecule has 2 saturated heterocycles. The summed E-state index contributed by atoms with van der Waals surface area (Å²) in [5, 5.41) is 0. The first kappa shape index (κ1) is 15.2. The molecule has 19 heavy (non-hydrogen) atoms. The first-order valence-corrected chi connectivity index (χ1v) is 8.95. The third kappa shape index (κ3) is 5.02. The number of hydrogen-bond donors (Lipinski definition) is 1. The molecule has 2 aliphatic rings. The highest BCUT2D eigenvalue weighted by Crippen LogP contribution is 2.17. The van der Waals surface area contributed by atoms with Gasteiger partial charge in [0.05, 0.1) is 0 Å². The zero-order chi connectivity index (χ0) is 13.6. The maximum Gasteiger partial charge on any atom is 0.279 e. The molecule has 0 amide bonds. The van der Waals surface area contributed by atoms with E-state index in [2.05, 4.69) is 4.72 Å². The van der Waals surface area contributed by atoms with Gasteiger partial charge in [-0.2, -0.15) is 12.7 Å². The molecule has 0 aromatic rings. The molecule has 0 aliphatic carbocycles. The van der Waals surface area contributed by atoms with Crippen molar-refractivity contribution in [2.75, 3.05) is 32.8 Å². The first-order chi connectivity index (χ1) is 9.18. The van der Waals surface area contributed by atoms with Gasteiger partial charge in [-0.1, -0.05) is 12.8 Å². The largest absolute Gasteiger partial charge is 0.381 e. The summed E-state index contributed by atoms with van der Waals surface area (Å²) in [7, 11) is -3.26. The second-order valence-electron chi connectivity index (χ2n) is 5.58. The molecule has 6 heteroatoms. The van der Waals surface area contributed by atoms with Crippen LogP contribution >= 0.6 is 0 Å². The summed E-state index contributed by atoms with van der Waals surface area (Å²) >= 11 is 0. The molecule has 0 aromatic heterocycles. The lowest BCUT2D eigenvalue weighted by Crippen LogP contribution is -2.42. The van der Waals surface area contributed by atoms with Crippen molar-refractivity contribution < 1.29 is 13.2 Å². The van der Waals surface area contributed by atoms with Gasteiger partial charge in [0, 0.05) is 32.8 Å². The molecule has 5 nitrogen and oxygen atoms in total. The van der Waals surface area contributed by atoms with E-state index in [0.29, 0.717) is 25.6 Å².